The molecule has 0 saturated carbocycles. The number of anilines is 2. The molecule has 1 N–H and O–H groups in total. The van der Waals surface area contributed by atoms with Gasteiger partial charge in [0, 0.05) is 24.5 Å². The van der Waals surface area contributed by atoms with Crippen LogP contribution < -0.4 is 10.2 Å². The first-order valence-corrected chi connectivity index (χ1v) is 10.8. The number of hydrogen-bond donors (Lipinski definition) is 1. The van der Waals surface area contributed by atoms with Crippen molar-refractivity contribution in [2.45, 2.75) is 18.9 Å². The SMILES string of the molecule is O=C(Nc1ccc(F)cc1)N1CCC2(CC1)C(=O)N(c1ccccc1)C2c1ccccc1. The van der Waals surface area contributed by atoms with E-state index in [0.717, 1.165) is 11.3 Å². The highest BCUT2D eigenvalue weighted by atomic mass is 19.1. The van der Waals surface area contributed by atoms with E-state index < -0.39 is 5.41 Å². The van der Waals surface area contributed by atoms with E-state index in [2.05, 4.69) is 17.4 Å². The molecule has 2 aliphatic heterocycles. The van der Waals surface area contributed by atoms with Gasteiger partial charge in [-0.05, 0) is 54.8 Å². The zero-order valence-electron chi connectivity index (χ0n) is 17.6. The summed E-state index contributed by atoms with van der Waals surface area (Å²) in [5, 5.41) is 2.82. The monoisotopic (exact) mass is 429 g/mol. The number of urea groups is 1. The number of nitrogens with zero attached hydrogens (tertiary/aromatic N) is 2. The van der Waals surface area contributed by atoms with Crippen molar-refractivity contribution >= 4 is 23.3 Å². The Hall–Kier alpha value is -3.67. The van der Waals surface area contributed by atoms with E-state index >= 15 is 0 Å². The molecule has 2 aliphatic rings. The first-order valence-electron chi connectivity index (χ1n) is 10.8. The second kappa shape index (κ2) is 8.11. The van der Waals surface area contributed by atoms with Gasteiger partial charge in [-0.15, -0.1) is 0 Å². The van der Waals surface area contributed by atoms with E-state index in [-0.39, 0.29) is 23.8 Å². The lowest BCUT2D eigenvalue weighted by atomic mass is 9.62. The molecule has 2 fully saturated rings. The summed E-state index contributed by atoms with van der Waals surface area (Å²) in [5.41, 5.74) is 2.05. The van der Waals surface area contributed by atoms with Crippen LogP contribution in [-0.4, -0.2) is 29.9 Å². The van der Waals surface area contributed by atoms with Crippen LogP contribution in [0.3, 0.4) is 0 Å². The van der Waals surface area contributed by atoms with Crippen molar-refractivity contribution in [3.05, 3.63) is 96.3 Å². The third-order valence-corrected chi connectivity index (χ3v) is 6.61. The normalized spacial score (nSPS) is 19.5. The highest BCUT2D eigenvalue weighted by molar-refractivity contribution is 6.06. The minimum Gasteiger partial charge on any atom is -0.324 e. The average Bonchev–Trinajstić information content (AvgIpc) is 2.84. The molecule has 0 bridgehead atoms. The first-order chi connectivity index (χ1) is 15.6. The van der Waals surface area contributed by atoms with Crippen LogP contribution in [-0.2, 0) is 4.79 Å². The Kier molecular flexibility index (Phi) is 5.13. The van der Waals surface area contributed by atoms with E-state index in [1.165, 1.54) is 24.3 Å². The summed E-state index contributed by atoms with van der Waals surface area (Å²) >= 11 is 0. The maximum atomic E-state index is 13.5. The number of hydrogen-bond acceptors (Lipinski definition) is 2. The van der Waals surface area contributed by atoms with Crippen molar-refractivity contribution in [1.29, 1.82) is 0 Å². The molecule has 6 heteroatoms. The number of nitrogens with one attached hydrogen (secondary N) is 1. The molecule has 3 aromatic carbocycles. The van der Waals surface area contributed by atoms with Gasteiger partial charge in [0.2, 0.25) is 5.91 Å². The van der Waals surface area contributed by atoms with Gasteiger partial charge in [-0.3, -0.25) is 4.79 Å². The standard InChI is InChI=1S/C26H24FN3O2/c27-20-11-13-21(14-12-20)28-25(32)29-17-15-26(16-18-29)23(19-7-3-1-4-8-19)30(24(26)31)22-9-5-2-6-10-22/h1-14,23H,15-18H2,(H,28,32). The summed E-state index contributed by atoms with van der Waals surface area (Å²) < 4.78 is 13.1. The molecule has 5 rings (SSSR count). The number of piperidine rings is 1. The third kappa shape index (κ3) is 3.42. The van der Waals surface area contributed by atoms with Crippen molar-refractivity contribution in [1.82, 2.24) is 4.90 Å². The van der Waals surface area contributed by atoms with Crippen LogP contribution in [0.15, 0.2) is 84.9 Å². The van der Waals surface area contributed by atoms with Crippen LogP contribution in [0.2, 0.25) is 0 Å². The van der Waals surface area contributed by atoms with Gasteiger partial charge in [0.05, 0.1) is 11.5 Å². The molecular formula is C26H24FN3O2. The number of para-hydroxylation sites is 1. The summed E-state index contributed by atoms with van der Waals surface area (Å²) in [4.78, 5) is 29.8. The van der Waals surface area contributed by atoms with E-state index in [1.807, 2.05) is 53.4 Å². The Labute approximate surface area is 186 Å². The largest absolute Gasteiger partial charge is 0.324 e. The predicted octanol–water partition coefficient (Wildman–Crippen LogP) is 5.23. The molecule has 5 nitrogen and oxygen atoms in total. The molecule has 2 saturated heterocycles. The lowest BCUT2D eigenvalue weighted by molar-refractivity contribution is -0.144. The van der Waals surface area contributed by atoms with E-state index in [1.54, 1.807) is 4.90 Å². The number of carbonyl (C=O) groups excluding carboxylic acids is 2. The topological polar surface area (TPSA) is 52.7 Å². The Morgan fingerprint density at radius 2 is 1.47 bits per heavy atom. The van der Waals surface area contributed by atoms with Crippen molar-refractivity contribution in [3.63, 3.8) is 0 Å². The van der Waals surface area contributed by atoms with Crippen LogP contribution in [0.25, 0.3) is 0 Å². The Balaban J connectivity index is 1.35. The third-order valence-electron chi connectivity index (χ3n) is 6.61. The highest BCUT2D eigenvalue weighted by Crippen LogP contribution is 2.57. The minimum atomic E-state index is -0.510. The molecule has 0 radical (unpaired) electrons. The van der Waals surface area contributed by atoms with Gasteiger partial charge in [-0.25, -0.2) is 9.18 Å². The number of carbonyl (C=O) groups is 2. The fourth-order valence-corrected chi connectivity index (χ4v) is 4.95. The van der Waals surface area contributed by atoms with Gasteiger partial charge in [0.1, 0.15) is 5.82 Å². The summed E-state index contributed by atoms with van der Waals surface area (Å²) in [6.07, 6.45) is 1.21. The molecular weight excluding hydrogens is 405 g/mol. The van der Waals surface area contributed by atoms with Crippen molar-refractivity contribution < 1.29 is 14.0 Å². The van der Waals surface area contributed by atoms with Gasteiger partial charge in [0.25, 0.3) is 0 Å². The van der Waals surface area contributed by atoms with Crippen molar-refractivity contribution in [2.24, 2.45) is 5.41 Å². The van der Waals surface area contributed by atoms with Crippen LogP contribution in [0.4, 0.5) is 20.6 Å². The maximum absolute atomic E-state index is 13.5. The van der Waals surface area contributed by atoms with Gasteiger partial charge in [-0.1, -0.05) is 48.5 Å². The summed E-state index contributed by atoms with van der Waals surface area (Å²) in [6.45, 7) is 0.982. The van der Waals surface area contributed by atoms with Gasteiger partial charge >= 0.3 is 6.03 Å². The number of β-lactam (4-membered cyclic amide) rings is 1. The minimum absolute atomic E-state index is 0.0547. The number of likely N-dealkylation sites (tertiary alicyclic amines) is 1. The molecule has 2 heterocycles. The predicted molar refractivity (Wildman–Crippen MR) is 122 cm³/mol. The molecule has 0 aromatic heterocycles. The molecule has 3 aromatic rings. The molecule has 162 valence electrons. The lowest BCUT2D eigenvalue weighted by Gasteiger charge is -2.59. The van der Waals surface area contributed by atoms with Gasteiger partial charge in [0.15, 0.2) is 0 Å². The summed E-state index contributed by atoms with van der Waals surface area (Å²) in [5.74, 6) is -0.225. The van der Waals surface area contributed by atoms with Crippen LogP contribution >= 0.6 is 0 Å². The Bertz CT molecular complexity index is 1110. The smallest absolute Gasteiger partial charge is 0.321 e. The van der Waals surface area contributed by atoms with E-state index in [4.69, 9.17) is 0 Å². The summed E-state index contributed by atoms with van der Waals surface area (Å²) in [6, 6.07) is 25.3. The van der Waals surface area contributed by atoms with Crippen molar-refractivity contribution in [3.8, 4) is 0 Å². The zero-order valence-corrected chi connectivity index (χ0v) is 17.6. The molecule has 0 aliphatic carbocycles. The Morgan fingerprint density at radius 1 is 0.875 bits per heavy atom. The van der Waals surface area contributed by atoms with Gasteiger partial charge in [-0.2, -0.15) is 0 Å². The van der Waals surface area contributed by atoms with E-state index in [0.29, 0.717) is 31.6 Å². The fourth-order valence-electron chi connectivity index (χ4n) is 4.95. The molecule has 1 atom stereocenters. The number of halogens is 1. The Morgan fingerprint density at radius 3 is 2.09 bits per heavy atom. The van der Waals surface area contributed by atoms with Crippen molar-refractivity contribution in [2.75, 3.05) is 23.3 Å². The lowest BCUT2D eigenvalue weighted by Crippen LogP contribution is -2.67. The second-order valence-corrected chi connectivity index (χ2v) is 8.40. The van der Waals surface area contributed by atoms with Crippen LogP contribution in [0.1, 0.15) is 24.4 Å². The molecule has 1 spiro atoms. The second-order valence-electron chi connectivity index (χ2n) is 8.40. The molecule has 32 heavy (non-hydrogen) atoms. The molecule has 3 amide bonds. The van der Waals surface area contributed by atoms with Gasteiger partial charge < -0.3 is 15.1 Å². The first kappa shape index (κ1) is 20.2. The number of amides is 3. The van der Waals surface area contributed by atoms with Crippen LogP contribution in [0, 0.1) is 11.2 Å². The average molecular weight is 429 g/mol. The quantitative estimate of drug-likeness (QED) is 0.580. The summed E-state index contributed by atoms with van der Waals surface area (Å²) in [7, 11) is 0. The zero-order chi connectivity index (χ0) is 22.1. The van der Waals surface area contributed by atoms with E-state index in [9.17, 15) is 14.0 Å². The number of benzene rings is 3. The maximum Gasteiger partial charge on any atom is 0.321 e. The fraction of sp³-hybridized carbons (Fsp3) is 0.231. The highest BCUT2D eigenvalue weighted by Gasteiger charge is 2.62. The molecule has 1 unspecified atom stereocenters. The van der Waals surface area contributed by atoms with Crippen LogP contribution in [0.5, 0.6) is 0 Å². The number of rotatable bonds is 3.